The van der Waals surface area contributed by atoms with E-state index in [1.54, 1.807) is 36.7 Å². The van der Waals surface area contributed by atoms with Gasteiger partial charge in [-0.05, 0) is 111 Å². The summed E-state index contributed by atoms with van der Waals surface area (Å²) >= 11 is 9.53. The number of unbranched alkanes of at least 4 members (excludes halogenated alkanes) is 1. The number of fused-ring (bicyclic) bond motifs is 1. The monoisotopic (exact) mass is 1160 g/mol. The van der Waals surface area contributed by atoms with E-state index >= 15 is 0 Å². The first-order valence-corrected chi connectivity index (χ1v) is 28.4. The van der Waals surface area contributed by atoms with E-state index < -0.39 is 35.2 Å². The molecule has 2 aromatic heterocycles. The topological polar surface area (TPSA) is 83.0 Å². The summed E-state index contributed by atoms with van der Waals surface area (Å²) in [6, 6.07) is 62.7. The second kappa shape index (κ2) is 29.0. The van der Waals surface area contributed by atoms with E-state index in [4.69, 9.17) is 23.2 Å². The molecule has 8 rings (SSSR count). The molecule has 0 radical (unpaired) electrons. The number of carbonyl (C=O) groups is 2. The third-order valence-electron chi connectivity index (χ3n) is 10.1. The average molecular weight is 1160 g/mol. The number of carbonyl (C=O) groups excluding carboxylic acids is 2. The van der Waals surface area contributed by atoms with E-state index in [2.05, 4.69) is 131 Å². The molecule has 0 saturated heterocycles. The number of hydrogen-bond donors (Lipinski definition) is 0. The second-order valence-corrected chi connectivity index (χ2v) is 23.6. The van der Waals surface area contributed by atoms with Gasteiger partial charge >= 0.3 is 52.5 Å². The standard InChI is InChI=1S/C28H28P2.C15H14O3.C10H8N2.CH2Cl2.F6P.Ru/c1-5-15-25(16-6-1)29(26-17-7-2-8-18-26)23-13-14-24-30(27-19-9-3-10-20-27)28-21-11-4-12-22-28;1-9(2)7-8-12-13(16)10-5-3-4-6-11(10)14(17)15(12)18;1-3-7-11-9(5-1)10-6-2-4-8-12-10;2-1-3;1-7(2,3,4,5)6;/h1-12,15-22H,13-14,23-24H2;3-7,18H,8H2,1-2H3;1-8H;1H2;;/q;;;;-1;+2/p+1. The molecule has 0 bridgehead atoms. The van der Waals surface area contributed by atoms with Gasteiger partial charge in [-0.1, -0.05) is 127 Å². The van der Waals surface area contributed by atoms with E-state index in [9.17, 15) is 39.9 Å². The molecular formula is C54H53Cl2F6N2O3P3Ru+2. The zero-order valence-electron chi connectivity index (χ0n) is 38.7. The normalized spacial score (nSPS) is 12.6. The van der Waals surface area contributed by atoms with Gasteiger partial charge in [0, 0.05) is 23.5 Å². The van der Waals surface area contributed by atoms with Crippen molar-refractivity contribution in [2.24, 2.45) is 0 Å². The van der Waals surface area contributed by atoms with Crippen LogP contribution < -0.4 is 26.3 Å². The Hall–Kier alpha value is -4.91. The molecule has 17 heteroatoms. The number of nitrogens with zero attached hydrogens (tertiary/aromatic N) is 2. The van der Waals surface area contributed by atoms with Crippen molar-refractivity contribution in [2.45, 2.75) is 33.1 Å². The SMILES string of the molecule is CC(C)=CCC1=C([O-])C(=O)c2ccccc2C1=O.ClCCl.F[P-](F)(F)(F)(F)F.[Ru+2].c1ccc(-c2ccccn2)nc1.c1ccc([PH+](CCCC[PH+](c2ccccc2)c2ccccc2)c2ccccc2)cc1. The van der Waals surface area contributed by atoms with Gasteiger partial charge in [-0.25, -0.2) is 0 Å². The van der Waals surface area contributed by atoms with Crippen molar-refractivity contribution in [3.63, 3.8) is 0 Å². The summed E-state index contributed by atoms with van der Waals surface area (Å²) in [4.78, 5) is 32.4. The zero-order chi connectivity index (χ0) is 51.1. The smallest absolute Gasteiger partial charge is 0.255 e. The fourth-order valence-electron chi connectivity index (χ4n) is 7.00. The maximum atomic E-state index is 12.1. The Morgan fingerprint density at radius 3 is 1.11 bits per heavy atom. The summed E-state index contributed by atoms with van der Waals surface area (Å²) in [5.41, 5.74) is 3.46. The summed E-state index contributed by atoms with van der Waals surface area (Å²) in [6.07, 6.45) is 10.7. The van der Waals surface area contributed by atoms with Gasteiger partial charge in [-0.3, -0.25) is 19.6 Å². The predicted molar refractivity (Wildman–Crippen MR) is 284 cm³/mol. The fraction of sp³-hybridized carbons (Fsp3) is 0.148. The van der Waals surface area contributed by atoms with Crippen LogP contribution in [0.1, 0.15) is 53.8 Å². The molecule has 1 aliphatic carbocycles. The van der Waals surface area contributed by atoms with E-state index in [1.807, 2.05) is 50.2 Å². The molecule has 0 atom stereocenters. The van der Waals surface area contributed by atoms with E-state index in [0.717, 1.165) is 17.0 Å². The number of Topliss-reactive ketones (excluding diaryl/α,β-unsaturated/α-hetero) is 2. The molecule has 0 N–H and O–H groups in total. The molecule has 5 nitrogen and oxygen atoms in total. The molecule has 2 heterocycles. The van der Waals surface area contributed by atoms with E-state index in [0.29, 0.717) is 5.56 Å². The number of allylic oxidation sites excluding steroid dienone is 4. The molecule has 0 fully saturated rings. The first-order chi connectivity index (χ1) is 33.3. The van der Waals surface area contributed by atoms with Crippen molar-refractivity contribution in [1.82, 2.24) is 9.97 Å². The quantitative estimate of drug-likeness (QED) is 0.0304. The largest absolute Gasteiger partial charge is 2.00 e. The zero-order valence-corrected chi connectivity index (χ0v) is 44.9. The Kier molecular flexibility index (Phi) is 24.6. The Labute approximate surface area is 437 Å². The Morgan fingerprint density at radius 2 is 0.817 bits per heavy atom. The third-order valence-corrected chi connectivity index (χ3v) is 15.9. The minimum atomic E-state index is -10.7. The van der Waals surface area contributed by atoms with Crippen molar-refractivity contribution >= 4 is 79.6 Å². The molecule has 1 aliphatic rings. The first-order valence-electron chi connectivity index (χ1n) is 21.9. The minimum Gasteiger partial charge on any atom is -0.255 e. The van der Waals surface area contributed by atoms with Gasteiger partial charge in [-0.15, -0.1) is 23.2 Å². The third kappa shape index (κ3) is 23.0. The van der Waals surface area contributed by atoms with Gasteiger partial charge in [0.15, 0.2) is 11.6 Å². The molecule has 0 unspecified atom stereocenters. The number of alkyl halides is 2. The van der Waals surface area contributed by atoms with Crippen molar-refractivity contribution < 1.29 is 59.4 Å². The molecule has 0 saturated carbocycles. The molecule has 374 valence electrons. The van der Waals surface area contributed by atoms with Crippen molar-refractivity contribution in [1.29, 1.82) is 0 Å². The van der Waals surface area contributed by atoms with Crippen LogP contribution in [0.2, 0.25) is 0 Å². The number of aromatic nitrogens is 2. The van der Waals surface area contributed by atoms with Crippen LogP contribution in [-0.2, 0) is 19.5 Å². The van der Waals surface area contributed by atoms with E-state index in [-0.39, 0.29) is 48.2 Å². The second-order valence-electron chi connectivity index (χ2n) is 15.6. The predicted octanol–water partition coefficient (Wildman–Crippen LogP) is 14.5. The average Bonchev–Trinajstić information content (AvgIpc) is 3.36. The molecule has 7 aromatic rings. The Balaban J connectivity index is 0.000000275. The van der Waals surface area contributed by atoms with Crippen molar-refractivity contribution in [2.75, 3.05) is 17.7 Å². The van der Waals surface area contributed by atoms with Crippen LogP contribution in [0.15, 0.2) is 217 Å². The van der Waals surface area contributed by atoms with Gasteiger partial charge in [-0.2, -0.15) is 0 Å². The summed E-state index contributed by atoms with van der Waals surface area (Å²) in [5.74, 6) is -1.58. The van der Waals surface area contributed by atoms with Crippen molar-refractivity contribution in [3.8, 4) is 11.4 Å². The van der Waals surface area contributed by atoms with Crippen molar-refractivity contribution in [3.05, 3.63) is 228 Å². The van der Waals surface area contributed by atoms with Gasteiger partial charge < -0.3 is 5.11 Å². The van der Waals surface area contributed by atoms with E-state index in [1.165, 1.54) is 52.4 Å². The Bertz CT molecular complexity index is 2540. The molecular weight excluding hydrogens is 1100 g/mol. The number of pyridine rings is 2. The summed E-state index contributed by atoms with van der Waals surface area (Å²) < 4.78 is 59.2. The van der Waals surface area contributed by atoms with Crippen LogP contribution >= 0.6 is 46.9 Å². The number of ketones is 2. The maximum absolute atomic E-state index is 12.1. The minimum absolute atomic E-state index is 0. The fourth-order valence-corrected chi connectivity index (χ4v) is 12.4. The first kappa shape index (κ1) is 60.4. The van der Waals surface area contributed by atoms with Crippen LogP contribution in [0, 0.1) is 0 Å². The molecule has 0 amide bonds. The summed E-state index contributed by atoms with van der Waals surface area (Å²) in [5, 5.41) is 18.2. The van der Waals surface area contributed by atoms with Gasteiger partial charge in [0.2, 0.25) is 0 Å². The number of halogens is 8. The van der Waals surface area contributed by atoms with Crippen LogP contribution in [-0.4, -0.2) is 39.2 Å². The molecule has 0 aliphatic heterocycles. The molecule has 71 heavy (non-hydrogen) atoms. The Morgan fingerprint density at radius 1 is 0.521 bits per heavy atom. The van der Waals surface area contributed by atoms with Crippen LogP contribution in [0.4, 0.5) is 25.2 Å². The van der Waals surface area contributed by atoms with Crippen LogP contribution in [0.25, 0.3) is 11.4 Å². The van der Waals surface area contributed by atoms with Crippen LogP contribution in [0.3, 0.4) is 0 Å². The maximum Gasteiger partial charge on any atom is 2.00 e. The number of hydrogen-bond acceptors (Lipinski definition) is 5. The van der Waals surface area contributed by atoms with Gasteiger partial charge in [0.25, 0.3) is 0 Å². The number of rotatable bonds is 12. The summed E-state index contributed by atoms with van der Waals surface area (Å²) in [6.45, 7) is 3.77. The van der Waals surface area contributed by atoms with Crippen LogP contribution in [0.5, 0.6) is 0 Å². The van der Waals surface area contributed by atoms with Gasteiger partial charge in [0.05, 0.1) is 66.1 Å². The molecule has 0 spiro atoms. The van der Waals surface area contributed by atoms with Gasteiger partial charge in [0.1, 0.15) is 0 Å². The number of benzene rings is 5. The summed E-state index contributed by atoms with van der Waals surface area (Å²) in [7, 11) is -12.1. The molecule has 5 aromatic carbocycles.